The van der Waals surface area contributed by atoms with Crippen molar-refractivity contribution < 1.29 is 13.9 Å². The number of hydrogen-bond acceptors (Lipinski definition) is 5. The molecule has 8 heteroatoms. The van der Waals surface area contributed by atoms with Crippen molar-refractivity contribution in [1.82, 2.24) is 20.5 Å². The number of carbonyl (C=O) groups is 1. The molecule has 25 heavy (non-hydrogen) atoms. The van der Waals surface area contributed by atoms with Crippen molar-refractivity contribution in [3.05, 3.63) is 51.6 Å². The first-order chi connectivity index (χ1) is 12.0. The number of methoxy groups -OCH3 is 1. The van der Waals surface area contributed by atoms with Crippen LogP contribution in [0.4, 0.5) is 0 Å². The maximum Gasteiger partial charge on any atom is 0.256 e. The van der Waals surface area contributed by atoms with Gasteiger partial charge in [0.05, 0.1) is 23.7 Å². The Bertz CT molecular complexity index is 899. The van der Waals surface area contributed by atoms with Gasteiger partial charge in [-0.15, -0.1) is 0 Å². The van der Waals surface area contributed by atoms with Crippen LogP contribution >= 0.6 is 15.9 Å². The molecule has 2 heterocycles. The first kappa shape index (κ1) is 17.2. The van der Waals surface area contributed by atoms with E-state index in [1.165, 1.54) is 0 Å². The van der Waals surface area contributed by atoms with Crippen molar-refractivity contribution in [2.24, 2.45) is 0 Å². The van der Waals surface area contributed by atoms with Crippen LogP contribution in [0.5, 0.6) is 5.75 Å². The lowest BCUT2D eigenvalue weighted by atomic mass is 10.2. The molecule has 0 unspecified atom stereocenters. The lowest BCUT2D eigenvalue weighted by Crippen LogP contribution is -2.24. The molecular weight excluding hydrogens is 388 g/mol. The fraction of sp³-hybridized carbons (Fsp3) is 0.235. The van der Waals surface area contributed by atoms with Gasteiger partial charge in [0.25, 0.3) is 5.91 Å². The summed E-state index contributed by atoms with van der Waals surface area (Å²) >= 11 is 3.37. The number of halogens is 1. The summed E-state index contributed by atoms with van der Waals surface area (Å²) in [5, 5.41) is 9.82. The summed E-state index contributed by atoms with van der Waals surface area (Å²) in [4.78, 5) is 16.7. The van der Waals surface area contributed by atoms with E-state index in [1.54, 1.807) is 21.0 Å². The first-order valence-electron chi connectivity index (χ1n) is 7.59. The third kappa shape index (κ3) is 3.58. The number of hydrogen-bond donors (Lipinski definition) is 2. The zero-order chi connectivity index (χ0) is 18.0. The molecule has 0 bridgehead atoms. The summed E-state index contributed by atoms with van der Waals surface area (Å²) in [5.74, 6) is 2.89. The summed E-state index contributed by atoms with van der Waals surface area (Å²) in [6.07, 6.45) is 0. The third-order valence-corrected chi connectivity index (χ3v) is 4.67. The number of aryl methyl sites for hydroxylation is 2. The quantitative estimate of drug-likeness (QED) is 0.679. The highest BCUT2D eigenvalue weighted by atomic mass is 79.9. The average molecular weight is 405 g/mol. The van der Waals surface area contributed by atoms with Crippen molar-refractivity contribution in [2.45, 2.75) is 20.4 Å². The van der Waals surface area contributed by atoms with Gasteiger partial charge >= 0.3 is 0 Å². The average Bonchev–Trinajstić information content (AvgIpc) is 3.18. The number of rotatable bonds is 5. The molecule has 0 atom stereocenters. The molecule has 0 fully saturated rings. The Morgan fingerprint density at radius 1 is 1.28 bits per heavy atom. The van der Waals surface area contributed by atoms with Crippen LogP contribution in [0.1, 0.15) is 27.7 Å². The Hall–Kier alpha value is -2.61. The Labute approximate surface area is 152 Å². The van der Waals surface area contributed by atoms with Crippen LogP contribution < -0.4 is 10.1 Å². The van der Waals surface area contributed by atoms with E-state index in [1.807, 2.05) is 24.3 Å². The normalized spacial score (nSPS) is 10.7. The molecule has 1 amide bonds. The van der Waals surface area contributed by atoms with E-state index in [2.05, 4.69) is 36.4 Å². The molecule has 0 saturated carbocycles. The number of furan rings is 1. The molecule has 0 aliphatic carbocycles. The van der Waals surface area contributed by atoms with Gasteiger partial charge in [-0.05, 0) is 54.0 Å². The van der Waals surface area contributed by atoms with Crippen LogP contribution in [0, 0.1) is 13.8 Å². The SMILES string of the molecule is COc1ccc(-c2n[nH]c(CNC(=O)c3c(C)oc(C)c3Br)n2)cc1. The summed E-state index contributed by atoms with van der Waals surface area (Å²) < 4.78 is 11.2. The Morgan fingerprint density at radius 2 is 2.00 bits per heavy atom. The Morgan fingerprint density at radius 3 is 2.60 bits per heavy atom. The number of nitrogens with zero attached hydrogens (tertiary/aromatic N) is 2. The molecular formula is C17H17BrN4O3. The first-order valence-corrected chi connectivity index (χ1v) is 8.38. The topological polar surface area (TPSA) is 93.0 Å². The lowest BCUT2D eigenvalue weighted by molar-refractivity contribution is 0.0947. The maximum absolute atomic E-state index is 12.3. The predicted octanol–water partition coefficient (Wildman–Crippen LogP) is 3.38. The number of ether oxygens (including phenoxy) is 1. The van der Waals surface area contributed by atoms with Gasteiger partial charge in [-0.3, -0.25) is 9.89 Å². The standard InChI is InChI=1S/C17H17BrN4O3/c1-9-14(15(18)10(2)25-9)17(23)19-8-13-20-16(22-21-13)11-4-6-12(24-3)7-5-11/h4-7H,8H2,1-3H3,(H,19,23)(H,20,21,22). The number of H-pyrrole nitrogens is 1. The summed E-state index contributed by atoms with van der Waals surface area (Å²) in [7, 11) is 1.62. The zero-order valence-corrected chi connectivity index (χ0v) is 15.6. The van der Waals surface area contributed by atoms with Crippen molar-refractivity contribution in [3.8, 4) is 17.1 Å². The summed E-state index contributed by atoms with van der Waals surface area (Å²) in [6.45, 7) is 3.78. The van der Waals surface area contributed by atoms with Crippen LogP contribution in [0.3, 0.4) is 0 Å². The maximum atomic E-state index is 12.3. The van der Waals surface area contributed by atoms with Crippen LogP contribution in [-0.4, -0.2) is 28.2 Å². The largest absolute Gasteiger partial charge is 0.497 e. The van der Waals surface area contributed by atoms with E-state index < -0.39 is 0 Å². The van der Waals surface area contributed by atoms with Gasteiger partial charge in [0.1, 0.15) is 23.1 Å². The second-order valence-electron chi connectivity index (χ2n) is 5.42. The van der Waals surface area contributed by atoms with Gasteiger partial charge in [-0.2, -0.15) is 5.10 Å². The minimum Gasteiger partial charge on any atom is -0.497 e. The van der Waals surface area contributed by atoms with Crippen molar-refractivity contribution in [2.75, 3.05) is 7.11 Å². The Balaban J connectivity index is 1.68. The van der Waals surface area contributed by atoms with E-state index in [0.717, 1.165) is 11.3 Å². The van der Waals surface area contributed by atoms with Gasteiger partial charge in [0.15, 0.2) is 5.82 Å². The highest BCUT2D eigenvalue weighted by molar-refractivity contribution is 9.10. The summed E-state index contributed by atoms with van der Waals surface area (Å²) in [5.41, 5.74) is 1.35. The smallest absolute Gasteiger partial charge is 0.256 e. The molecule has 3 aromatic rings. The fourth-order valence-electron chi connectivity index (χ4n) is 2.41. The third-order valence-electron chi connectivity index (χ3n) is 3.71. The lowest BCUT2D eigenvalue weighted by Gasteiger charge is -2.02. The van der Waals surface area contributed by atoms with Crippen molar-refractivity contribution in [1.29, 1.82) is 0 Å². The van der Waals surface area contributed by atoms with Gasteiger partial charge in [0, 0.05) is 5.56 Å². The van der Waals surface area contributed by atoms with Crippen LogP contribution in [0.15, 0.2) is 33.2 Å². The van der Waals surface area contributed by atoms with Crippen LogP contribution in [0.25, 0.3) is 11.4 Å². The number of nitrogens with one attached hydrogen (secondary N) is 2. The second kappa shape index (κ2) is 7.10. The molecule has 0 saturated heterocycles. The van der Waals surface area contributed by atoms with Crippen LogP contribution in [0.2, 0.25) is 0 Å². The van der Waals surface area contributed by atoms with E-state index >= 15 is 0 Å². The van der Waals surface area contributed by atoms with E-state index in [0.29, 0.717) is 33.2 Å². The van der Waals surface area contributed by atoms with E-state index in [4.69, 9.17) is 9.15 Å². The molecule has 2 N–H and O–H groups in total. The number of amides is 1. The monoisotopic (exact) mass is 404 g/mol. The minimum absolute atomic E-state index is 0.233. The predicted molar refractivity (Wildman–Crippen MR) is 95.4 cm³/mol. The van der Waals surface area contributed by atoms with Crippen molar-refractivity contribution in [3.63, 3.8) is 0 Å². The molecule has 0 spiro atoms. The molecule has 0 aliphatic rings. The highest BCUT2D eigenvalue weighted by Gasteiger charge is 2.19. The molecule has 0 aliphatic heterocycles. The molecule has 0 radical (unpaired) electrons. The number of aromatic nitrogens is 3. The van der Waals surface area contributed by atoms with E-state index in [-0.39, 0.29) is 12.5 Å². The molecule has 3 rings (SSSR count). The van der Waals surface area contributed by atoms with Crippen molar-refractivity contribution >= 4 is 21.8 Å². The second-order valence-corrected chi connectivity index (χ2v) is 6.21. The van der Waals surface area contributed by atoms with Gasteiger partial charge in [-0.25, -0.2) is 4.98 Å². The van der Waals surface area contributed by atoms with E-state index in [9.17, 15) is 4.79 Å². The molecule has 130 valence electrons. The molecule has 7 nitrogen and oxygen atoms in total. The number of aromatic amines is 1. The molecule has 1 aromatic carbocycles. The van der Waals surface area contributed by atoms with Gasteiger partial charge in [-0.1, -0.05) is 0 Å². The fourth-order valence-corrected chi connectivity index (χ4v) is 2.95. The van der Waals surface area contributed by atoms with Gasteiger partial charge in [0.2, 0.25) is 0 Å². The number of carbonyl (C=O) groups excluding carboxylic acids is 1. The molecule has 2 aromatic heterocycles. The Kier molecular flexibility index (Phi) is 4.89. The highest BCUT2D eigenvalue weighted by Crippen LogP contribution is 2.27. The van der Waals surface area contributed by atoms with Crippen LogP contribution in [-0.2, 0) is 6.54 Å². The minimum atomic E-state index is -0.233. The number of benzene rings is 1. The summed E-state index contributed by atoms with van der Waals surface area (Å²) in [6, 6.07) is 7.43. The zero-order valence-electron chi connectivity index (χ0n) is 14.0. The van der Waals surface area contributed by atoms with Gasteiger partial charge < -0.3 is 14.5 Å².